The summed E-state index contributed by atoms with van der Waals surface area (Å²) < 4.78 is 31.8. The Morgan fingerprint density at radius 2 is 2.13 bits per heavy atom. The van der Waals surface area contributed by atoms with Gasteiger partial charge in [-0.1, -0.05) is 11.7 Å². The molecule has 2 N–H and O–H groups in total. The molecule has 2 fully saturated rings. The van der Waals surface area contributed by atoms with Crippen molar-refractivity contribution in [3.8, 4) is 0 Å². The molecule has 126 valence electrons. The van der Waals surface area contributed by atoms with Gasteiger partial charge in [-0.2, -0.15) is 0 Å². The van der Waals surface area contributed by atoms with Crippen molar-refractivity contribution in [2.24, 2.45) is 11.8 Å². The Bertz CT molecular complexity index is 667. The molecule has 1 heterocycles. The van der Waals surface area contributed by atoms with Crippen molar-refractivity contribution < 1.29 is 17.7 Å². The van der Waals surface area contributed by atoms with Crippen LogP contribution in [0.15, 0.2) is 29.6 Å². The van der Waals surface area contributed by atoms with Gasteiger partial charge in [0, 0.05) is 18.3 Å². The van der Waals surface area contributed by atoms with Crippen LogP contribution in [0.25, 0.3) is 0 Å². The van der Waals surface area contributed by atoms with E-state index in [0.29, 0.717) is 25.2 Å². The Morgan fingerprint density at radius 1 is 1.35 bits per heavy atom. The maximum atomic E-state index is 12.4. The normalized spacial score (nSPS) is 28.1. The van der Waals surface area contributed by atoms with Gasteiger partial charge in [-0.3, -0.25) is 9.52 Å². The number of carbonyl (C=O) groups excluding carboxylic acids is 1. The van der Waals surface area contributed by atoms with E-state index in [9.17, 15) is 13.2 Å². The third-order valence-electron chi connectivity index (χ3n) is 4.71. The van der Waals surface area contributed by atoms with E-state index < -0.39 is 15.3 Å². The van der Waals surface area contributed by atoms with Crippen molar-refractivity contribution in [1.29, 1.82) is 0 Å². The minimum atomic E-state index is -3.39. The topological polar surface area (TPSA) is 101 Å². The van der Waals surface area contributed by atoms with Gasteiger partial charge in [0.1, 0.15) is 6.26 Å². The lowest BCUT2D eigenvalue weighted by molar-refractivity contribution is 0.0908. The molecule has 2 aliphatic rings. The van der Waals surface area contributed by atoms with E-state index in [-0.39, 0.29) is 23.6 Å². The highest BCUT2D eigenvalue weighted by Crippen LogP contribution is 2.46. The lowest BCUT2D eigenvalue weighted by Crippen LogP contribution is -2.47. The second kappa shape index (κ2) is 6.35. The molecule has 1 aromatic heterocycles. The van der Waals surface area contributed by atoms with Gasteiger partial charge >= 0.3 is 0 Å². The van der Waals surface area contributed by atoms with Crippen LogP contribution in [0.3, 0.4) is 0 Å². The minimum Gasteiger partial charge on any atom is -0.364 e. The maximum Gasteiger partial charge on any atom is 0.273 e. The molecule has 23 heavy (non-hydrogen) atoms. The maximum absolute atomic E-state index is 12.4. The van der Waals surface area contributed by atoms with Crippen molar-refractivity contribution >= 4 is 15.9 Å². The summed E-state index contributed by atoms with van der Waals surface area (Å²) in [6.07, 6.45) is 6.55. The Balaban J connectivity index is 1.67. The molecule has 0 unspecified atom stereocenters. The number of amides is 1. The summed E-state index contributed by atoms with van der Waals surface area (Å²) in [5, 5.41) is 6.15. The molecule has 0 bridgehead atoms. The van der Waals surface area contributed by atoms with Crippen molar-refractivity contribution in [3.05, 3.63) is 30.8 Å². The van der Waals surface area contributed by atoms with E-state index in [0.717, 1.165) is 12.8 Å². The summed E-state index contributed by atoms with van der Waals surface area (Å²) in [6.45, 7) is 3.45. The van der Waals surface area contributed by atoms with Gasteiger partial charge in [0.15, 0.2) is 5.69 Å². The molecule has 8 heteroatoms. The van der Waals surface area contributed by atoms with E-state index in [1.165, 1.54) is 18.5 Å². The van der Waals surface area contributed by atoms with Crippen LogP contribution in [0.5, 0.6) is 0 Å². The first-order valence-electron chi connectivity index (χ1n) is 7.84. The minimum absolute atomic E-state index is 0.0278. The smallest absolute Gasteiger partial charge is 0.273 e. The third kappa shape index (κ3) is 3.57. The standard InChI is InChI=1S/C15H21N3O4S/c1-2-16-23(20,21)14-6-5-11(9-12(14)10-3-4-10)17-15(19)13-7-8-22-18-13/h2,7-8,10-12,14,16H,1,3-6,9H2,(H,17,19)/t11-,12-,14-/m0/s1. The van der Waals surface area contributed by atoms with Crippen LogP contribution in [-0.2, 0) is 10.0 Å². The first-order chi connectivity index (χ1) is 11.0. The fourth-order valence-corrected chi connectivity index (χ4v) is 5.15. The average Bonchev–Trinajstić information content (AvgIpc) is 3.21. The number of rotatable bonds is 6. The molecule has 3 rings (SSSR count). The molecule has 0 saturated heterocycles. The molecule has 1 amide bonds. The SMILES string of the molecule is C=CNS(=O)(=O)[C@H]1CC[C@H](NC(=O)c2ccon2)C[C@H]1C1CC1. The number of nitrogens with zero attached hydrogens (tertiary/aromatic N) is 1. The molecule has 2 saturated carbocycles. The quantitative estimate of drug-likeness (QED) is 0.816. The van der Waals surface area contributed by atoms with Gasteiger partial charge in [0.05, 0.1) is 5.25 Å². The molecule has 3 atom stereocenters. The third-order valence-corrected chi connectivity index (χ3v) is 6.59. The van der Waals surface area contributed by atoms with E-state index in [1.807, 2.05) is 0 Å². The fourth-order valence-electron chi connectivity index (χ4n) is 3.51. The van der Waals surface area contributed by atoms with Crippen LogP contribution in [0.1, 0.15) is 42.6 Å². The number of hydrogen-bond acceptors (Lipinski definition) is 5. The first-order valence-corrected chi connectivity index (χ1v) is 9.39. The van der Waals surface area contributed by atoms with Gasteiger partial charge in [-0.15, -0.1) is 0 Å². The van der Waals surface area contributed by atoms with Crippen molar-refractivity contribution in [1.82, 2.24) is 15.2 Å². The zero-order valence-corrected chi connectivity index (χ0v) is 13.6. The fraction of sp³-hybridized carbons (Fsp3) is 0.600. The summed E-state index contributed by atoms with van der Waals surface area (Å²) in [5.41, 5.74) is 0.246. The Morgan fingerprint density at radius 3 is 2.74 bits per heavy atom. The Labute approximate surface area is 135 Å². The summed E-state index contributed by atoms with van der Waals surface area (Å²) in [4.78, 5) is 12.1. The van der Waals surface area contributed by atoms with Crippen LogP contribution in [0.4, 0.5) is 0 Å². The van der Waals surface area contributed by atoms with Crippen molar-refractivity contribution in [2.45, 2.75) is 43.4 Å². The molecular formula is C15H21N3O4S. The molecule has 2 aliphatic carbocycles. The van der Waals surface area contributed by atoms with Crippen LogP contribution >= 0.6 is 0 Å². The van der Waals surface area contributed by atoms with Crippen molar-refractivity contribution in [2.75, 3.05) is 0 Å². The summed E-state index contributed by atoms with van der Waals surface area (Å²) >= 11 is 0. The van der Waals surface area contributed by atoms with Crippen molar-refractivity contribution in [3.63, 3.8) is 0 Å². The second-order valence-electron chi connectivity index (χ2n) is 6.27. The highest BCUT2D eigenvalue weighted by Gasteiger charge is 2.45. The Hall–Kier alpha value is -1.83. The van der Waals surface area contributed by atoms with E-state index in [4.69, 9.17) is 0 Å². The summed E-state index contributed by atoms with van der Waals surface area (Å²) in [6, 6.07) is 1.48. The van der Waals surface area contributed by atoms with E-state index >= 15 is 0 Å². The van der Waals surface area contributed by atoms with Gasteiger partial charge in [0.25, 0.3) is 5.91 Å². The number of aromatic nitrogens is 1. The van der Waals surface area contributed by atoms with Crippen LogP contribution < -0.4 is 10.0 Å². The monoisotopic (exact) mass is 339 g/mol. The van der Waals surface area contributed by atoms with Gasteiger partial charge < -0.3 is 9.84 Å². The molecule has 1 aromatic rings. The second-order valence-corrected chi connectivity index (χ2v) is 8.21. The predicted octanol–water partition coefficient (Wildman–Crippen LogP) is 1.41. The van der Waals surface area contributed by atoms with Gasteiger partial charge in [0.2, 0.25) is 10.0 Å². The highest BCUT2D eigenvalue weighted by atomic mass is 32.2. The first kappa shape index (κ1) is 16.0. The molecule has 0 aliphatic heterocycles. The number of sulfonamides is 1. The molecule has 0 aromatic carbocycles. The van der Waals surface area contributed by atoms with Crippen LogP contribution in [0, 0.1) is 11.8 Å². The van der Waals surface area contributed by atoms with Gasteiger partial charge in [-0.25, -0.2) is 8.42 Å². The number of carbonyl (C=O) groups is 1. The van der Waals surface area contributed by atoms with Crippen LogP contribution in [0.2, 0.25) is 0 Å². The highest BCUT2D eigenvalue weighted by molar-refractivity contribution is 7.90. The Kier molecular flexibility index (Phi) is 4.43. The van der Waals surface area contributed by atoms with Crippen LogP contribution in [-0.4, -0.2) is 30.8 Å². The lowest BCUT2D eigenvalue weighted by atomic mass is 9.82. The largest absolute Gasteiger partial charge is 0.364 e. The summed E-state index contributed by atoms with van der Waals surface area (Å²) in [5.74, 6) is 0.237. The zero-order valence-electron chi connectivity index (χ0n) is 12.8. The predicted molar refractivity (Wildman–Crippen MR) is 83.9 cm³/mol. The number of nitrogens with one attached hydrogen (secondary N) is 2. The zero-order chi connectivity index (χ0) is 16.4. The molecule has 0 spiro atoms. The van der Waals surface area contributed by atoms with Gasteiger partial charge in [-0.05, 0) is 43.9 Å². The molecular weight excluding hydrogens is 318 g/mol. The van der Waals surface area contributed by atoms with E-state index in [1.54, 1.807) is 0 Å². The number of hydrogen-bond donors (Lipinski definition) is 2. The average molecular weight is 339 g/mol. The van der Waals surface area contributed by atoms with E-state index in [2.05, 4.69) is 26.3 Å². The summed E-state index contributed by atoms with van der Waals surface area (Å²) in [7, 11) is -3.39. The molecule has 7 nitrogen and oxygen atoms in total. The molecule has 0 radical (unpaired) electrons. The lowest BCUT2D eigenvalue weighted by Gasteiger charge is -2.36.